The zero-order valence-electron chi connectivity index (χ0n) is 10.3. The van der Waals surface area contributed by atoms with Crippen LogP contribution in [0.3, 0.4) is 0 Å². The van der Waals surface area contributed by atoms with Gasteiger partial charge < -0.3 is 10.8 Å². The van der Waals surface area contributed by atoms with Crippen LogP contribution in [-0.4, -0.2) is 27.4 Å². The van der Waals surface area contributed by atoms with Crippen molar-refractivity contribution in [3.63, 3.8) is 0 Å². The number of thioether (sulfide) groups is 1. The fourth-order valence-corrected chi connectivity index (χ4v) is 2.50. The Kier molecular flexibility index (Phi) is 3.89. The van der Waals surface area contributed by atoms with Crippen LogP contribution in [0.4, 0.5) is 5.82 Å². The number of anilines is 1. The van der Waals surface area contributed by atoms with E-state index in [1.54, 1.807) is 11.8 Å². The lowest BCUT2D eigenvalue weighted by Crippen LogP contribution is -2.07. The van der Waals surface area contributed by atoms with Crippen molar-refractivity contribution in [2.24, 2.45) is 5.92 Å². The van der Waals surface area contributed by atoms with E-state index in [0.29, 0.717) is 11.7 Å². The number of nitrogens with zero attached hydrogens (tertiary/aromatic N) is 2. The summed E-state index contributed by atoms with van der Waals surface area (Å²) in [5, 5.41) is 9.99. The molecule has 1 aromatic rings. The number of aliphatic hydroxyl groups is 1. The average molecular weight is 253 g/mol. The van der Waals surface area contributed by atoms with Gasteiger partial charge in [-0.1, -0.05) is 6.92 Å². The van der Waals surface area contributed by atoms with Crippen LogP contribution in [0.25, 0.3) is 0 Å². The second-order valence-corrected chi connectivity index (χ2v) is 5.78. The minimum Gasteiger partial charge on any atom is -0.396 e. The van der Waals surface area contributed by atoms with Crippen LogP contribution >= 0.6 is 11.8 Å². The van der Waals surface area contributed by atoms with Crippen molar-refractivity contribution in [3.05, 3.63) is 11.4 Å². The van der Waals surface area contributed by atoms with Gasteiger partial charge in [-0.2, -0.15) is 0 Å². The van der Waals surface area contributed by atoms with Gasteiger partial charge >= 0.3 is 0 Å². The summed E-state index contributed by atoms with van der Waals surface area (Å²) < 4.78 is 0. The van der Waals surface area contributed by atoms with Crippen molar-refractivity contribution in [1.82, 2.24) is 9.97 Å². The molecule has 1 fully saturated rings. The third-order valence-corrected chi connectivity index (χ3v) is 4.32. The van der Waals surface area contributed by atoms with Gasteiger partial charge in [0.1, 0.15) is 16.7 Å². The molecule has 3 N–H and O–H groups in total. The summed E-state index contributed by atoms with van der Waals surface area (Å²) in [5.41, 5.74) is 6.87. The Bertz CT molecular complexity index is 407. The molecule has 94 valence electrons. The number of nitrogen functional groups attached to an aromatic ring is 1. The summed E-state index contributed by atoms with van der Waals surface area (Å²) in [5.74, 6) is 3.15. The fraction of sp³-hybridized carbons (Fsp3) is 0.667. The van der Waals surface area contributed by atoms with Gasteiger partial charge in [0.15, 0.2) is 0 Å². The SMILES string of the molecule is Cc1c(N)nc(C2CC2)nc1SCC(C)CO. The highest BCUT2D eigenvalue weighted by atomic mass is 32.2. The zero-order valence-corrected chi connectivity index (χ0v) is 11.1. The van der Waals surface area contributed by atoms with E-state index >= 15 is 0 Å². The van der Waals surface area contributed by atoms with E-state index in [9.17, 15) is 0 Å². The number of rotatable bonds is 5. The molecule has 1 atom stereocenters. The molecule has 0 aliphatic heterocycles. The second kappa shape index (κ2) is 5.23. The quantitative estimate of drug-likeness (QED) is 0.620. The Morgan fingerprint density at radius 1 is 1.47 bits per heavy atom. The maximum atomic E-state index is 9.02. The monoisotopic (exact) mass is 253 g/mol. The van der Waals surface area contributed by atoms with E-state index in [0.717, 1.165) is 22.2 Å². The molecule has 1 heterocycles. The van der Waals surface area contributed by atoms with Gasteiger partial charge in [-0.15, -0.1) is 11.8 Å². The molecule has 1 saturated carbocycles. The van der Waals surface area contributed by atoms with Gasteiger partial charge in [-0.05, 0) is 25.7 Å². The van der Waals surface area contributed by atoms with E-state index in [1.807, 2.05) is 13.8 Å². The first-order chi connectivity index (χ1) is 8.11. The molecule has 0 bridgehead atoms. The molecule has 0 radical (unpaired) electrons. The van der Waals surface area contributed by atoms with Crippen LogP contribution in [0.15, 0.2) is 5.03 Å². The molecule has 1 unspecified atom stereocenters. The largest absolute Gasteiger partial charge is 0.396 e. The molecule has 2 rings (SSSR count). The van der Waals surface area contributed by atoms with Crippen LogP contribution in [0.5, 0.6) is 0 Å². The number of nitrogens with two attached hydrogens (primary N) is 1. The number of hydrogen-bond acceptors (Lipinski definition) is 5. The normalized spacial score (nSPS) is 17.1. The fourth-order valence-electron chi connectivity index (χ4n) is 1.47. The third kappa shape index (κ3) is 3.10. The maximum Gasteiger partial charge on any atom is 0.135 e. The highest BCUT2D eigenvalue weighted by Gasteiger charge is 2.27. The third-order valence-electron chi connectivity index (χ3n) is 2.91. The molecule has 1 aromatic heterocycles. The van der Waals surface area contributed by atoms with Crippen LogP contribution in [0, 0.1) is 12.8 Å². The first-order valence-electron chi connectivity index (χ1n) is 5.99. The van der Waals surface area contributed by atoms with Gasteiger partial charge in [-0.3, -0.25) is 0 Å². The molecule has 17 heavy (non-hydrogen) atoms. The van der Waals surface area contributed by atoms with E-state index < -0.39 is 0 Å². The Morgan fingerprint density at radius 3 is 2.76 bits per heavy atom. The van der Waals surface area contributed by atoms with Crippen molar-refractivity contribution in [1.29, 1.82) is 0 Å². The Balaban J connectivity index is 2.13. The molecule has 0 aromatic carbocycles. The summed E-state index contributed by atoms with van der Waals surface area (Å²) >= 11 is 1.66. The number of aromatic nitrogens is 2. The summed E-state index contributed by atoms with van der Waals surface area (Å²) in [6.07, 6.45) is 2.36. The lowest BCUT2D eigenvalue weighted by molar-refractivity contribution is 0.250. The average Bonchev–Trinajstić information content (AvgIpc) is 3.14. The summed E-state index contributed by atoms with van der Waals surface area (Å²) in [6, 6.07) is 0. The number of aliphatic hydroxyl groups excluding tert-OH is 1. The lowest BCUT2D eigenvalue weighted by Gasteiger charge is -2.11. The molecular weight excluding hydrogens is 234 g/mol. The standard InChI is InChI=1S/C12H19N3OS/c1-7(5-16)6-17-12-8(2)10(13)14-11(15-12)9-3-4-9/h7,9,16H,3-6H2,1-2H3,(H2,13,14,15). The van der Waals surface area contributed by atoms with E-state index in [1.165, 1.54) is 12.8 Å². The Hall–Kier alpha value is -0.810. The first-order valence-corrected chi connectivity index (χ1v) is 6.98. The summed E-state index contributed by atoms with van der Waals surface area (Å²) in [6.45, 7) is 4.19. The topological polar surface area (TPSA) is 72.0 Å². The summed E-state index contributed by atoms with van der Waals surface area (Å²) in [7, 11) is 0. The highest BCUT2D eigenvalue weighted by Crippen LogP contribution is 2.39. The van der Waals surface area contributed by atoms with Gasteiger partial charge in [0.25, 0.3) is 0 Å². The van der Waals surface area contributed by atoms with Crippen LogP contribution < -0.4 is 5.73 Å². The van der Waals surface area contributed by atoms with Crippen molar-refractivity contribution in [3.8, 4) is 0 Å². The maximum absolute atomic E-state index is 9.02. The Morgan fingerprint density at radius 2 is 2.18 bits per heavy atom. The minimum absolute atomic E-state index is 0.210. The minimum atomic E-state index is 0.210. The molecule has 1 aliphatic rings. The van der Waals surface area contributed by atoms with Crippen molar-refractivity contribution >= 4 is 17.6 Å². The molecule has 0 amide bonds. The van der Waals surface area contributed by atoms with Gasteiger partial charge in [0, 0.05) is 23.8 Å². The van der Waals surface area contributed by atoms with E-state index in [2.05, 4.69) is 9.97 Å². The smallest absolute Gasteiger partial charge is 0.135 e. The predicted octanol–water partition coefficient (Wildman–Crippen LogP) is 1.97. The van der Waals surface area contributed by atoms with Gasteiger partial charge in [0.05, 0.1) is 0 Å². The van der Waals surface area contributed by atoms with Crippen LogP contribution in [0.1, 0.15) is 37.1 Å². The molecule has 5 heteroatoms. The van der Waals surface area contributed by atoms with E-state index in [4.69, 9.17) is 10.8 Å². The zero-order chi connectivity index (χ0) is 12.4. The van der Waals surface area contributed by atoms with Crippen molar-refractivity contribution < 1.29 is 5.11 Å². The van der Waals surface area contributed by atoms with Crippen LogP contribution in [-0.2, 0) is 0 Å². The molecule has 1 aliphatic carbocycles. The first kappa shape index (κ1) is 12.6. The van der Waals surface area contributed by atoms with Gasteiger partial charge in [-0.25, -0.2) is 9.97 Å². The Labute approximate surface area is 106 Å². The molecule has 4 nitrogen and oxygen atoms in total. The predicted molar refractivity (Wildman–Crippen MR) is 70.1 cm³/mol. The van der Waals surface area contributed by atoms with Gasteiger partial charge in [0.2, 0.25) is 0 Å². The van der Waals surface area contributed by atoms with E-state index in [-0.39, 0.29) is 12.5 Å². The number of hydrogen-bond donors (Lipinski definition) is 2. The van der Waals surface area contributed by atoms with Crippen molar-refractivity contribution in [2.45, 2.75) is 37.6 Å². The summed E-state index contributed by atoms with van der Waals surface area (Å²) in [4.78, 5) is 8.94. The molecule has 0 saturated heterocycles. The van der Waals surface area contributed by atoms with Crippen LogP contribution in [0.2, 0.25) is 0 Å². The highest BCUT2D eigenvalue weighted by molar-refractivity contribution is 7.99. The lowest BCUT2D eigenvalue weighted by atomic mass is 10.2. The molecule has 0 spiro atoms. The van der Waals surface area contributed by atoms with Crippen molar-refractivity contribution in [2.75, 3.05) is 18.1 Å². The molecular formula is C12H19N3OS. The second-order valence-electron chi connectivity index (χ2n) is 4.77.